The molecule has 2 aromatic carbocycles. The van der Waals surface area contributed by atoms with Crippen LogP contribution in [0.25, 0.3) is 11.1 Å². The molecule has 2 N–H and O–H groups in total. The van der Waals surface area contributed by atoms with Crippen LogP contribution in [0.3, 0.4) is 0 Å². The summed E-state index contributed by atoms with van der Waals surface area (Å²) in [5.74, 6) is -4.73. The lowest BCUT2D eigenvalue weighted by Crippen LogP contribution is -2.45. The zero-order chi connectivity index (χ0) is 27.9. The molecule has 0 radical (unpaired) electrons. The third-order valence-electron chi connectivity index (χ3n) is 5.39. The summed E-state index contributed by atoms with van der Waals surface area (Å²) in [6.45, 7) is 0.931. The molecule has 3 rings (SSSR count). The van der Waals surface area contributed by atoms with Gasteiger partial charge in [-0.3, -0.25) is 23.7 Å². The Labute approximate surface area is 218 Å². The van der Waals surface area contributed by atoms with Gasteiger partial charge in [0.05, 0.1) is 11.3 Å². The standard InChI is InChI=1S/C25H24F3N3O6S/c1-15(32)16-6-4-7-17(12-16)29-23(35)18(8-5-11-38-14-21(33)25(26,27)28)30-22(34)13-31-19-9-2-3-10-20(19)37-24(31)36/h2-4,6-7,9-10,12,18H,5,8,11,13-14H2,1H3,(H,29,35)(H,30,34)/t18-/m0/s1. The number of Topliss-reactive ketones (excluding diaryl/α,β-unsaturated/α-hetero) is 2. The Kier molecular flexibility index (Phi) is 9.50. The molecule has 3 aromatic rings. The van der Waals surface area contributed by atoms with Crippen LogP contribution in [0.4, 0.5) is 18.9 Å². The highest BCUT2D eigenvalue weighted by molar-refractivity contribution is 7.99. The van der Waals surface area contributed by atoms with E-state index >= 15 is 0 Å². The molecule has 0 aliphatic carbocycles. The van der Waals surface area contributed by atoms with Gasteiger partial charge in [0, 0.05) is 11.3 Å². The molecule has 2 amide bonds. The topological polar surface area (TPSA) is 127 Å². The van der Waals surface area contributed by atoms with Gasteiger partial charge in [-0.15, -0.1) is 0 Å². The predicted molar refractivity (Wildman–Crippen MR) is 135 cm³/mol. The Morgan fingerprint density at radius 2 is 1.82 bits per heavy atom. The number of carbonyl (C=O) groups is 4. The maximum Gasteiger partial charge on any atom is 0.450 e. The molecule has 0 spiro atoms. The number of aromatic nitrogens is 1. The molecule has 0 saturated heterocycles. The van der Waals surface area contributed by atoms with E-state index in [0.717, 1.165) is 16.3 Å². The first-order valence-corrected chi connectivity index (χ1v) is 12.6. The van der Waals surface area contributed by atoms with Crippen molar-refractivity contribution in [3.63, 3.8) is 0 Å². The number of nitrogens with zero attached hydrogens (tertiary/aromatic N) is 1. The van der Waals surface area contributed by atoms with Crippen molar-refractivity contribution in [1.82, 2.24) is 9.88 Å². The van der Waals surface area contributed by atoms with E-state index in [1.807, 2.05) is 0 Å². The highest BCUT2D eigenvalue weighted by Gasteiger charge is 2.37. The molecule has 1 aromatic heterocycles. The van der Waals surface area contributed by atoms with Crippen LogP contribution in [0.1, 0.15) is 30.1 Å². The minimum atomic E-state index is -4.91. The molecule has 0 aliphatic heterocycles. The van der Waals surface area contributed by atoms with Crippen molar-refractivity contribution in [3.8, 4) is 0 Å². The van der Waals surface area contributed by atoms with Gasteiger partial charge >= 0.3 is 11.9 Å². The molecular weight excluding hydrogens is 527 g/mol. The summed E-state index contributed by atoms with van der Waals surface area (Å²) in [4.78, 5) is 60.7. The maximum absolute atomic E-state index is 13.0. The van der Waals surface area contributed by atoms with Crippen molar-refractivity contribution in [1.29, 1.82) is 0 Å². The minimum absolute atomic E-state index is 0.0399. The van der Waals surface area contributed by atoms with E-state index in [0.29, 0.717) is 16.8 Å². The Balaban J connectivity index is 1.68. The smallest absolute Gasteiger partial charge is 0.408 e. The zero-order valence-electron chi connectivity index (χ0n) is 20.2. The lowest BCUT2D eigenvalue weighted by molar-refractivity contribution is -0.167. The number of oxazole rings is 1. The lowest BCUT2D eigenvalue weighted by atomic mass is 10.1. The van der Waals surface area contributed by atoms with Gasteiger partial charge in [-0.2, -0.15) is 24.9 Å². The predicted octanol–water partition coefficient (Wildman–Crippen LogP) is 3.57. The molecular formula is C25H24F3N3O6S. The first-order chi connectivity index (χ1) is 18.0. The minimum Gasteiger partial charge on any atom is -0.408 e. The summed E-state index contributed by atoms with van der Waals surface area (Å²) >= 11 is 0.768. The molecule has 202 valence electrons. The van der Waals surface area contributed by atoms with Gasteiger partial charge in [0.15, 0.2) is 11.4 Å². The summed E-state index contributed by atoms with van der Waals surface area (Å²) in [6, 6.07) is 11.5. The number of fused-ring (bicyclic) bond motifs is 1. The fourth-order valence-corrected chi connectivity index (χ4v) is 4.36. The number of alkyl halides is 3. The summed E-state index contributed by atoms with van der Waals surface area (Å²) in [5.41, 5.74) is 1.35. The monoisotopic (exact) mass is 551 g/mol. The number of anilines is 1. The maximum atomic E-state index is 13.0. The number of hydrogen-bond donors (Lipinski definition) is 2. The van der Waals surface area contributed by atoms with E-state index in [2.05, 4.69) is 10.6 Å². The Bertz CT molecular complexity index is 1400. The van der Waals surface area contributed by atoms with E-state index in [1.165, 1.54) is 13.0 Å². The number of carbonyl (C=O) groups excluding carboxylic acids is 4. The van der Waals surface area contributed by atoms with Crippen LogP contribution < -0.4 is 16.4 Å². The number of rotatable bonds is 12. The third kappa shape index (κ3) is 7.81. The largest absolute Gasteiger partial charge is 0.450 e. The summed E-state index contributed by atoms with van der Waals surface area (Å²) in [5, 5.41) is 5.17. The Hall–Kier alpha value is -3.87. The van der Waals surface area contributed by atoms with Crippen molar-refractivity contribution in [2.45, 2.75) is 38.5 Å². The molecule has 0 saturated carbocycles. The quantitative estimate of drug-likeness (QED) is 0.260. The van der Waals surface area contributed by atoms with E-state index in [4.69, 9.17) is 4.42 Å². The molecule has 0 aliphatic rings. The Morgan fingerprint density at radius 3 is 2.53 bits per heavy atom. The molecule has 1 heterocycles. The number of para-hydroxylation sites is 2. The number of benzene rings is 2. The first-order valence-electron chi connectivity index (χ1n) is 11.4. The molecule has 9 nitrogen and oxygen atoms in total. The summed E-state index contributed by atoms with van der Waals surface area (Å²) in [7, 11) is 0. The normalized spacial score (nSPS) is 12.2. The fraction of sp³-hybridized carbons (Fsp3) is 0.320. The number of ketones is 2. The average molecular weight is 552 g/mol. The van der Waals surface area contributed by atoms with Crippen molar-refractivity contribution in [2.75, 3.05) is 16.8 Å². The lowest BCUT2D eigenvalue weighted by Gasteiger charge is -2.19. The molecule has 38 heavy (non-hydrogen) atoms. The van der Waals surface area contributed by atoms with Crippen LogP contribution in [0.2, 0.25) is 0 Å². The SMILES string of the molecule is CC(=O)c1cccc(NC(=O)[C@H](CCCSCC(=O)C(F)(F)F)NC(=O)Cn2c(=O)oc3ccccc32)c1. The fourth-order valence-electron chi connectivity index (χ4n) is 3.50. The summed E-state index contributed by atoms with van der Waals surface area (Å²) in [6.07, 6.45) is -4.67. The van der Waals surface area contributed by atoms with Crippen molar-refractivity contribution in [2.24, 2.45) is 0 Å². The second-order valence-corrected chi connectivity index (χ2v) is 9.39. The molecule has 1 atom stereocenters. The van der Waals surface area contributed by atoms with E-state index in [9.17, 15) is 37.1 Å². The Morgan fingerprint density at radius 1 is 1.08 bits per heavy atom. The highest BCUT2D eigenvalue weighted by Crippen LogP contribution is 2.20. The second-order valence-electron chi connectivity index (χ2n) is 8.28. The van der Waals surface area contributed by atoms with Gasteiger partial charge in [0.1, 0.15) is 12.6 Å². The molecule has 0 bridgehead atoms. The van der Waals surface area contributed by atoms with Gasteiger partial charge in [-0.05, 0) is 49.8 Å². The van der Waals surface area contributed by atoms with Gasteiger partial charge in [0.2, 0.25) is 17.6 Å². The average Bonchev–Trinajstić information content (AvgIpc) is 3.17. The third-order valence-corrected chi connectivity index (χ3v) is 6.44. The van der Waals surface area contributed by atoms with Crippen LogP contribution in [-0.2, 0) is 20.9 Å². The van der Waals surface area contributed by atoms with Crippen LogP contribution in [-0.4, -0.2) is 51.7 Å². The van der Waals surface area contributed by atoms with E-state index in [1.54, 1.807) is 42.5 Å². The van der Waals surface area contributed by atoms with Crippen LogP contribution in [0, 0.1) is 0 Å². The van der Waals surface area contributed by atoms with Crippen molar-refractivity contribution < 1.29 is 36.8 Å². The van der Waals surface area contributed by atoms with Gasteiger partial charge in [-0.25, -0.2) is 4.79 Å². The van der Waals surface area contributed by atoms with Crippen molar-refractivity contribution >= 4 is 51.9 Å². The first kappa shape index (κ1) is 28.7. The second kappa shape index (κ2) is 12.6. The van der Waals surface area contributed by atoms with Gasteiger partial charge < -0.3 is 15.1 Å². The van der Waals surface area contributed by atoms with Crippen LogP contribution in [0.5, 0.6) is 0 Å². The summed E-state index contributed by atoms with van der Waals surface area (Å²) < 4.78 is 43.4. The number of halogens is 3. The van der Waals surface area contributed by atoms with Gasteiger partial charge in [-0.1, -0.05) is 24.3 Å². The highest BCUT2D eigenvalue weighted by atomic mass is 32.2. The molecule has 13 heteroatoms. The van der Waals surface area contributed by atoms with Gasteiger partial charge in [0.25, 0.3) is 0 Å². The number of hydrogen-bond acceptors (Lipinski definition) is 7. The number of amides is 2. The zero-order valence-corrected chi connectivity index (χ0v) is 21.0. The van der Waals surface area contributed by atoms with E-state index < -0.39 is 47.9 Å². The van der Waals surface area contributed by atoms with Crippen LogP contribution >= 0.6 is 11.8 Å². The van der Waals surface area contributed by atoms with E-state index in [-0.39, 0.29) is 30.0 Å². The van der Waals surface area contributed by atoms with Crippen molar-refractivity contribution in [3.05, 3.63) is 64.6 Å². The molecule has 0 fully saturated rings. The number of thioether (sulfide) groups is 1. The molecule has 0 unspecified atom stereocenters. The van der Waals surface area contributed by atoms with Crippen LogP contribution in [0.15, 0.2) is 57.7 Å². The number of nitrogens with one attached hydrogen (secondary N) is 2.